The standard InChI is InChI=1S/C26H28F3N5O4/c1-37-16-7-5-15(14-6-8-18(26(27,28)29)31-20(14)16)23-33-21(17(12-30)38-23)24(36)34-10-2-9-25(34)11-19(25)32-22(35)13-3-4-13/h5-8,13,19,22,32,35H,2-4,9-12,30H2,1H3/t19-,22?,25-/m0/s1. The molecule has 2 aliphatic carbocycles. The number of pyridine rings is 1. The molecule has 6 rings (SSSR count). The molecule has 3 fully saturated rings. The number of fused-ring (bicyclic) bond motifs is 1. The summed E-state index contributed by atoms with van der Waals surface area (Å²) in [5.41, 5.74) is 4.94. The van der Waals surface area contributed by atoms with Crippen LogP contribution in [-0.4, -0.2) is 57.3 Å². The van der Waals surface area contributed by atoms with Gasteiger partial charge in [0.15, 0.2) is 11.5 Å². The summed E-state index contributed by atoms with van der Waals surface area (Å²) in [6.07, 6.45) is -0.766. The number of hydrogen-bond acceptors (Lipinski definition) is 8. The Balaban J connectivity index is 1.33. The minimum absolute atomic E-state index is 0.000173. The zero-order valence-electron chi connectivity index (χ0n) is 20.7. The molecule has 1 aromatic carbocycles. The Bertz CT molecular complexity index is 1410. The SMILES string of the molecule is COc1ccc(-c2nc(C(=O)N3CCC[C@@]34C[C@@H]4NC(O)C3CC3)c(CN)o2)c2ccc(C(F)(F)F)nc12. The maximum atomic E-state index is 13.7. The summed E-state index contributed by atoms with van der Waals surface area (Å²) in [7, 11) is 1.35. The van der Waals surface area contributed by atoms with Crippen LogP contribution in [0.4, 0.5) is 13.2 Å². The summed E-state index contributed by atoms with van der Waals surface area (Å²) in [6, 6.07) is 5.27. The molecule has 3 aromatic rings. The number of halogens is 3. The lowest BCUT2D eigenvalue weighted by molar-refractivity contribution is -0.140. The number of oxazole rings is 1. The van der Waals surface area contributed by atoms with Gasteiger partial charge >= 0.3 is 6.18 Å². The van der Waals surface area contributed by atoms with Crippen LogP contribution in [0, 0.1) is 5.92 Å². The molecule has 3 atom stereocenters. The van der Waals surface area contributed by atoms with E-state index < -0.39 is 18.1 Å². The molecule has 3 aliphatic rings. The van der Waals surface area contributed by atoms with Crippen molar-refractivity contribution in [2.24, 2.45) is 11.7 Å². The predicted octanol–water partition coefficient (Wildman–Crippen LogP) is 3.44. The molecule has 2 aromatic heterocycles. The van der Waals surface area contributed by atoms with Crippen molar-refractivity contribution < 1.29 is 32.2 Å². The van der Waals surface area contributed by atoms with E-state index in [1.54, 1.807) is 11.0 Å². The summed E-state index contributed by atoms with van der Waals surface area (Å²) >= 11 is 0. The number of methoxy groups -OCH3 is 1. The number of carbonyl (C=O) groups excluding carboxylic acids is 1. The van der Waals surface area contributed by atoms with Gasteiger partial charge in [0.05, 0.1) is 19.2 Å². The number of amides is 1. The maximum absolute atomic E-state index is 13.7. The zero-order valence-corrected chi connectivity index (χ0v) is 20.7. The van der Waals surface area contributed by atoms with E-state index in [1.165, 1.54) is 19.2 Å². The highest BCUT2D eigenvalue weighted by atomic mass is 19.4. The van der Waals surface area contributed by atoms with Crippen LogP contribution in [0.25, 0.3) is 22.4 Å². The number of nitrogens with one attached hydrogen (secondary N) is 1. The van der Waals surface area contributed by atoms with Crippen molar-refractivity contribution in [1.82, 2.24) is 20.2 Å². The normalized spacial score (nSPS) is 23.8. The first-order valence-corrected chi connectivity index (χ1v) is 12.7. The van der Waals surface area contributed by atoms with Gasteiger partial charge in [0.2, 0.25) is 5.89 Å². The maximum Gasteiger partial charge on any atom is 0.433 e. The number of rotatable bonds is 7. The highest BCUT2D eigenvalue weighted by molar-refractivity contribution is 5.98. The lowest BCUT2D eigenvalue weighted by Gasteiger charge is -2.26. The molecule has 1 saturated heterocycles. The van der Waals surface area contributed by atoms with Crippen LogP contribution in [0.15, 0.2) is 28.7 Å². The number of nitrogens with two attached hydrogens (primary N) is 1. The number of aliphatic hydroxyl groups excluding tert-OH is 1. The Morgan fingerprint density at radius 3 is 2.79 bits per heavy atom. The van der Waals surface area contributed by atoms with Crippen LogP contribution in [0.3, 0.4) is 0 Å². The van der Waals surface area contributed by atoms with E-state index in [1.807, 2.05) is 0 Å². The first-order chi connectivity index (χ1) is 18.2. The van der Waals surface area contributed by atoms with Gasteiger partial charge in [0.1, 0.15) is 23.2 Å². The van der Waals surface area contributed by atoms with Crippen LogP contribution in [0.2, 0.25) is 0 Å². The second-order valence-electron chi connectivity index (χ2n) is 10.3. The summed E-state index contributed by atoms with van der Waals surface area (Å²) in [5, 5.41) is 14.0. The fraction of sp³-hybridized carbons (Fsp3) is 0.500. The third kappa shape index (κ3) is 4.11. The van der Waals surface area contributed by atoms with Gasteiger partial charge < -0.3 is 24.9 Å². The molecule has 4 N–H and O–H groups in total. The molecular weight excluding hydrogens is 503 g/mol. The average molecular weight is 532 g/mol. The Labute approximate surface area is 216 Å². The van der Waals surface area contributed by atoms with E-state index in [-0.39, 0.29) is 58.6 Å². The first kappa shape index (κ1) is 25.1. The molecule has 1 aliphatic heterocycles. The lowest BCUT2D eigenvalue weighted by Crippen LogP contribution is -2.45. The van der Waals surface area contributed by atoms with Crippen molar-refractivity contribution in [3.8, 4) is 17.2 Å². The number of aromatic nitrogens is 2. The van der Waals surface area contributed by atoms with Gasteiger partial charge in [-0.3, -0.25) is 10.1 Å². The molecule has 1 spiro atoms. The molecule has 0 bridgehead atoms. The Morgan fingerprint density at radius 2 is 2.11 bits per heavy atom. The largest absolute Gasteiger partial charge is 0.494 e. The van der Waals surface area contributed by atoms with Crippen LogP contribution >= 0.6 is 0 Å². The van der Waals surface area contributed by atoms with Crippen molar-refractivity contribution >= 4 is 16.8 Å². The van der Waals surface area contributed by atoms with Gasteiger partial charge in [-0.05, 0) is 62.3 Å². The molecule has 38 heavy (non-hydrogen) atoms. The summed E-state index contributed by atoms with van der Waals surface area (Å²) < 4.78 is 51.1. The van der Waals surface area contributed by atoms with Gasteiger partial charge in [-0.2, -0.15) is 13.2 Å². The monoisotopic (exact) mass is 531 g/mol. The molecule has 1 amide bonds. The number of carbonyl (C=O) groups is 1. The number of hydrogen-bond donors (Lipinski definition) is 3. The molecular formula is C26H28F3N5O4. The van der Waals surface area contributed by atoms with Gasteiger partial charge in [-0.1, -0.05) is 0 Å². The van der Waals surface area contributed by atoms with Crippen molar-refractivity contribution in [1.29, 1.82) is 0 Å². The number of nitrogens with zero attached hydrogens (tertiary/aromatic N) is 3. The van der Waals surface area contributed by atoms with Gasteiger partial charge in [-0.15, -0.1) is 0 Å². The molecule has 9 nitrogen and oxygen atoms in total. The molecule has 3 heterocycles. The fourth-order valence-corrected chi connectivity index (χ4v) is 5.64. The van der Waals surface area contributed by atoms with Crippen molar-refractivity contribution in [2.45, 2.75) is 62.6 Å². The van der Waals surface area contributed by atoms with E-state index >= 15 is 0 Å². The van der Waals surface area contributed by atoms with Crippen molar-refractivity contribution in [2.75, 3.05) is 13.7 Å². The molecule has 0 radical (unpaired) electrons. The predicted molar refractivity (Wildman–Crippen MR) is 130 cm³/mol. The molecule has 2 saturated carbocycles. The zero-order chi connectivity index (χ0) is 26.8. The van der Waals surface area contributed by atoms with E-state index in [9.17, 15) is 23.1 Å². The van der Waals surface area contributed by atoms with E-state index in [2.05, 4.69) is 15.3 Å². The highest BCUT2D eigenvalue weighted by Crippen LogP contribution is 2.51. The highest BCUT2D eigenvalue weighted by Gasteiger charge is 2.62. The number of alkyl halides is 3. The number of likely N-dealkylation sites (tertiary alicyclic amines) is 1. The summed E-state index contributed by atoms with van der Waals surface area (Å²) in [5.74, 6) is 0.390. The van der Waals surface area contributed by atoms with E-state index in [0.717, 1.165) is 38.2 Å². The summed E-state index contributed by atoms with van der Waals surface area (Å²) in [4.78, 5) is 23.8. The van der Waals surface area contributed by atoms with Crippen molar-refractivity contribution in [3.63, 3.8) is 0 Å². The number of benzene rings is 1. The van der Waals surface area contributed by atoms with Crippen LogP contribution < -0.4 is 15.8 Å². The number of ether oxygens (including phenoxy) is 1. The van der Waals surface area contributed by atoms with Crippen LogP contribution in [0.5, 0.6) is 5.75 Å². The molecule has 1 unspecified atom stereocenters. The first-order valence-electron chi connectivity index (χ1n) is 12.7. The fourth-order valence-electron chi connectivity index (χ4n) is 5.64. The van der Waals surface area contributed by atoms with Gasteiger partial charge in [-0.25, -0.2) is 9.97 Å². The third-order valence-electron chi connectivity index (χ3n) is 7.91. The smallest absolute Gasteiger partial charge is 0.433 e. The van der Waals surface area contributed by atoms with Crippen LogP contribution in [0.1, 0.15) is 54.0 Å². The minimum Gasteiger partial charge on any atom is -0.494 e. The Morgan fingerprint density at radius 1 is 1.32 bits per heavy atom. The third-order valence-corrected chi connectivity index (χ3v) is 7.91. The quantitative estimate of drug-likeness (QED) is 0.396. The topological polar surface area (TPSA) is 127 Å². The van der Waals surface area contributed by atoms with Crippen LogP contribution in [-0.2, 0) is 12.7 Å². The van der Waals surface area contributed by atoms with Gasteiger partial charge in [0.25, 0.3) is 5.91 Å². The number of aliphatic hydroxyl groups is 1. The Kier molecular flexibility index (Phi) is 5.89. The lowest BCUT2D eigenvalue weighted by atomic mass is 10.1. The summed E-state index contributed by atoms with van der Waals surface area (Å²) in [6.45, 7) is 0.472. The second-order valence-corrected chi connectivity index (χ2v) is 10.3. The van der Waals surface area contributed by atoms with Gasteiger partial charge in [0, 0.05) is 23.5 Å². The van der Waals surface area contributed by atoms with E-state index in [0.29, 0.717) is 17.5 Å². The Hall–Kier alpha value is -3.22. The molecule has 12 heteroatoms. The van der Waals surface area contributed by atoms with Crippen molar-refractivity contribution in [3.05, 3.63) is 41.4 Å². The minimum atomic E-state index is -4.62. The molecule has 202 valence electrons. The van der Waals surface area contributed by atoms with E-state index in [4.69, 9.17) is 14.9 Å². The second kappa shape index (κ2) is 8.92. The average Bonchev–Trinajstić information content (AvgIpc) is 3.77.